The van der Waals surface area contributed by atoms with Gasteiger partial charge in [0, 0.05) is 22.1 Å². The van der Waals surface area contributed by atoms with E-state index in [0.29, 0.717) is 39.2 Å². The Morgan fingerprint density at radius 1 is 1.09 bits per heavy atom. The Labute approximate surface area is 203 Å². The quantitative estimate of drug-likeness (QED) is 0.325. The van der Waals surface area contributed by atoms with Gasteiger partial charge in [-0.2, -0.15) is 0 Å². The van der Waals surface area contributed by atoms with Crippen LogP contribution in [0.5, 0.6) is 5.75 Å². The first-order valence-electron chi connectivity index (χ1n) is 10.2. The predicted octanol–water partition coefficient (Wildman–Crippen LogP) is 6.93. The average molecular weight is 529 g/mol. The fourth-order valence-electron chi connectivity index (χ4n) is 3.17. The second-order valence-electron chi connectivity index (χ2n) is 7.09. The third kappa shape index (κ3) is 5.51. The topological polar surface area (TPSA) is 41.9 Å². The third-order valence-corrected chi connectivity index (χ3v) is 6.36. The van der Waals surface area contributed by atoms with Crippen molar-refractivity contribution >= 4 is 50.5 Å². The van der Waals surface area contributed by atoms with Crippen LogP contribution in [0, 0.1) is 11.6 Å². The maximum atomic E-state index is 14.0. The summed E-state index contributed by atoms with van der Waals surface area (Å²) in [6.07, 6.45) is 1.74. The zero-order chi connectivity index (χ0) is 23.4. The highest BCUT2D eigenvalue weighted by Crippen LogP contribution is 2.36. The first-order valence-corrected chi connectivity index (χ1v) is 11.8. The van der Waals surface area contributed by atoms with E-state index < -0.39 is 0 Å². The van der Waals surface area contributed by atoms with E-state index in [1.54, 1.807) is 47.4 Å². The fraction of sp³-hybridized carbons (Fsp3) is 0.120. The maximum absolute atomic E-state index is 14.0. The summed E-state index contributed by atoms with van der Waals surface area (Å²) in [4.78, 5) is 19.6. The van der Waals surface area contributed by atoms with Gasteiger partial charge in [0.05, 0.1) is 10.6 Å². The summed E-state index contributed by atoms with van der Waals surface area (Å²) in [5.74, 6) is -0.339. The molecule has 0 N–H and O–H groups in total. The average Bonchev–Trinajstić information content (AvgIpc) is 3.09. The number of benzene rings is 3. The van der Waals surface area contributed by atoms with Gasteiger partial charge in [-0.25, -0.2) is 13.8 Å². The van der Waals surface area contributed by atoms with Gasteiger partial charge in [-0.1, -0.05) is 34.1 Å². The number of rotatable bonds is 6. The molecule has 0 radical (unpaired) electrons. The van der Waals surface area contributed by atoms with Crippen LogP contribution < -0.4 is 4.74 Å². The van der Waals surface area contributed by atoms with Crippen LogP contribution in [0.15, 0.2) is 81.1 Å². The van der Waals surface area contributed by atoms with E-state index in [1.807, 2.05) is 19.1 Å². The van der Waals surface area contributed by atoms with Crippen LogP contribution in [0.3, 0.4) is 0 Å². The molecule has 3 aromatic rings. The molecule has 1 amide bonds. The van der Waals surface area contributed by atoms with Crippen molar-refractivity contribution in [3.05, 3.63) is 98.9 Å². The molecule has 0 aliphatic carbocycles. The molecule has 33 heavy (non-hydrogen) atoms. The van der Waals surface area contributed by atoms with Gasteiger partial charge in [-0.05, 0) is 73.3 Å². The van der Waals surface area contributed by atoms with Crippen LogP contribution in [-0.2, 0) is 11.4 Å². The largest absolute Gasteiger partial charge is 0.488 e. The van der Waals surface area contributed by atoms with E-state index >= 15 is 0 Å². The Kier molecular flexibility index (Phi) is 7.25. The van der Waals surface area contributed by atoms with E-state index in [2.05, 4.69) is 20.9 Å². The van der Waals surface area contributed by atoms with E-state index in [0.717, 1.165) is 4.47 Å². The summed E-state index contributed by atoms with van der Waals surface area (Å²) >= 11 is 4.69. The fourth-order valence-corrected chi connectivity index (χ4v) is 4.60. The number of halogens is 3. The molecule has 0 unspecified atom stereocenters. The molecule has 0 bridgehead atoms. The molecular weight excluding hydrogens is 510 g/mol. The lowest BCUT2D eigenvalue weighted by atomic mass is 10.1. The number of amides is 1. The second kappa shape index (κ2) is 10.3. The van der Waals surface area contributed by atoms with Crippen LogP contribution in [0.1, 0.15) is 18.1 Å². The number of hydrogen-bond acceptors (Lipinski definition) is 4. The van der Waals surface area contributed by atoms with Gasteiger partial charge in [-0.3, -0.25) is 9.69 Å². The Hall–Kier alpha value is -2.97. The molecule has 4 nitrogen and oxygen atoms in total. The van der Waals surface area contributed by atoms with Crippen molar-refractivity contribution in [2.45, 2.75) is 13.5 Å². The van der Waals surface area contributed by atoms with Crippen molar-refractivity contribution < 1.29 is 18.3 Å². The molecule has 0 spiro atoms. The van der Waals surface area contributed by atoms with E-state index in [1.165, 1.54) is 30.0 Å². The molecule has 3 aromatic carbocycles. The number of hydrogen-bond donors (Lipinski definition) is 0. The SMILES string of the molecule is CCN1C(=O)/C(=C\c2cc(Br)ccc2OCc2ccccc2F)SC1=Nc1ccc(F)cc1. The molecule has 0 saturated carbocycles. The minimum atomic E-state index is -0.348. The summed E-state index contributed by atoms with van der Waals surface area (Å²) in [6, 6.07) is 17.6. The summed E-state index contributed by atoms with van der Waals surface area (Å²) < 4.78 is 33.9. The summed E-state index contributed by atoms with van der Waals surface area (Å²) in [6.45, 7) is 2.37. The van der Waals surface area contributed by atoms with Crippen molar-refractivity contribution in [1.82, 2.24) is 4.90 Å². The van der Waals surface area contributed by atoms with E-state index in [-0.39, 0.29) is 24.1 Å². The number of nitrogens with zero attached hydrogens (tertiary/aromatic N) is 2. The molecule has 1 saturated heterocycles. The smallest absolute Gasteiger partial charge is 0.266 e. The van der Waals surface area contributed by atoms with Crippen LogP contribution >= 0.6 is 27.7 Å². The van der Waals surface area contributed by atoms with Gasteiger partial charge in [-0.15, -0.1) is 0 Å². The lowest BCUT2D eigenvalue weighted by Gasteiger charge is -2.12. The van der Waals surface area contributed by atoms with Crippen molar-refractivity contribution in [3.8, 4) is 5.75 Å². The van der Waals surface area contributed by atoms with Crippen molar-refractivity contribution in [2.75, 3.05) is 6.54 Å². The number of thioether (sulfide) groups is 1. The first-order chi connectivity index (χ1) is 15.9. The Bertz CT molecular complexity index is 1250. The van der Waals surface area contributed by atoms with Crippen LogP contribution in [0.2, 0.25) is 0 Å². The highest BCUT2D eigenvalue weighted by Gasteiger charge is 2.32. The zero-order valence-corrected chi connectivity index (χ0v) is 20.0. The molecule has 0 aromatic heterocycles. The minimum absolute atomic E-state index is 0.0595. The molecule has 4 rings (SSSR count). The molecule has 0 atom stereocenters. The van der Waals surface area contributed by atoms with E-state index in [4.69, 9.17) is 4.74 Å². The van der Waals surface area contributed by atoms with Gasteiger partial charge in [0.2, 0.25) is 0 Å². The Balaban J connectivity index is 1.62. The number of amidine groups is 1. The Morgan fingerprint density at radius 2 is 1.85 bits per heavy atom. The zero-order valence-electron chi connectivity index (χ0n) is 17.6. The minimum Gasteiger partial charge on any atom is -0.488 e. The maximum Gasteiger partial charge on any atom is 0.266 e. The van der Waals surface area contributed by atoms with Crippen LogP contribution in [0.4, 0.5) is 14.5 Å². The highest BCUT2D eigenvalue weighted by molar-refractivity contribution is 9.10. The number of carbonyl (C=O) groups excluding carboxylic acids is 1. The number of likely N-dealkylation sites (N-methyl/N-ethyl adjacent to an activating group) is 1. The number of aliphatic imine (C=N–C) groups is 1. The van der Waals surface area contributed by atoms with Crippen molar-refractivity contribution in [3.63, 3.8) is 0 Å². The summed E-state index contributed by atoms with van der Waals surface area (Å²) in [5, 5.41) is 0.518. The molecule has 8 heteroatoms. The summed E-state index contributed by atoms with van der Waals surface area (Å²) in [7, 11) is 0. The lowest BCUT2D eigenvalue weighted by Crippen LogP contribution is -2.28. The monoisotopic (exact) mass is 528 g/mol. The Morgan fingerprint density at radius 3 is 2.58 bits per heavy atom. The molecule has 1 heterocycles. The van der Waals surface area contributed by atoms with E-state index in [9.17, 15) is 13.6 Å². The summed E-state index contributed by atoms with van der Waals surface area (Å²) in [5.41, 5.74) is 1.68. The molecule has 1 fully saturated rings. The standard InChI is InChI=1S/C25H19BrF2N2O2S/c1-2-30-24(31)23(33-25(30)29-20-10-8-19(27)9-11-20)14-17-13-18(26)7-12-22(17)32-15-16-5-3-4-6-21(16)28/h3-14H,2,15H2,1H3/b23-14+,29-25?. The van der Waals surface area contributed by atoms with Gasteiger partial charge in [0.15, 0.2) is 5.17 Å². The number of carbonyl (C=O) groups is 1. The van der Waals surface area contributed by atoms with Crippen molar-refractivity contribution in [2.24, 2.45) is 4.99 Å². The molecule has 1 aliphatic rings. The first kappa shape index (κ1) is 23.2. The highest BCUT2D eigenvalue weighted by atomic mass is 79.9. The predicted molar refractivity (Wildman–Crippen MR) is 131 cm³/mol. The van der Waals surface area contributed by atoms with Gasteiger partial charge >= 0.3 is 0 Å². The van der Waals surface area contributed by atoms with Gasteiger partial charge < -0.3 is 4.74 Å². The molecular formula is C25H19BrF2N2O2S. The van der Waals surface area contributed by atoms with Crippen molar-refractivity contribution in [1.29, 1.82) is 0 Å². The van der Waals surface area contributed by atoms with Crippen LogP contribution in [-0.4, -0.2) is 22.5 Å². The normalized spacial score (nSPS) is 16.1. The van der Waals surface area contributed by atoms with Gasteiger partial charge in [0.25, 0.3) is 5.91 Å². The third-order valence-electron chi connectivity index (χ3n) is 4.86. The number of ether oxygens (including phenoxy) is 1. The second-order valence-corrected chi connectivity index (χ2v) is 9.02. The molecule has 168 valence electrons. The van der Waals surface area contributed by atoms with Crippen LogP contribution in [0.25, 0.3) is 6.08 Å². The lowest BCUT2D eigenvalue weighted by molar-refractivity contribution is -0.122. The van der Waals surface area contributed by atoms with Gasteiger partial charge in [0.1, 0.15) is 24.0 Å². The molecule has 1 aliphatic heterocycles.